The number of methoxy groups -OCH3 is 1. The van der Waals surface area contributed by atoms with Crippen molar-refractivity contribution in [3.63, 3.8) is 0 Å². The molecule has 0 saturated carbocycles. The van der Waals surface area contributed by atoms with Crippen molar-refractivity contribution in [3.8, 4) is 16.9 Å². The maximum atomic E-state index is 5.16. The van der Waals surface area contributed by atoms with E-state index < -0.39 is 0 Å². The molecule has 0 bridgehead atoms. The number of pyridine rings is 1. The fourth-order valence-corrected chi connectivity index (χ4v) is 2.34. The van der Waals surface area contributed by atoms with Crippen LogP contribution in [0.15, 0.2) is 42.6 Å². The van der Waals surface area contributed by atoms with E-state index in [1.807, 2.05) is 42.6 Å². The molecule has 18 heavy (non-hydrogen) atoms. The molecule has 0 aliphatic rings. The van der Waals surface area contributed by atoms with Gasteiger partial charge in [0.1, 0.15) is 5.75 Å². The highest BCUT2D eigenvalue weighted by Gasteiger charge is 2.07. The molecular weight excluding hydrogens is 341 g/mol. The fourth-order valence-electron chi connectivity index (χ4n) is 1.88. The first kappa shape index (κ1) is 11.5. The molecule has 0 amide bonds. The quantitative estimate of drug-likeness (QED) is 0.667. The number of halogens is 1. The molecule has 2 heterocycles. The molecule has 1 aromatic carbocycles. The van der Waals surface area contributed by atoms with Gasteiger partial charge in [0.15, 0.2) is 5.65 Å². The van der Waals surface area contributed by atoms with Gasteiger partial charge in [-0.15, -0.1) is 5.10 Å². The van der Waals surface area contributed by atoms with Crippen molar-refractivity contribution < 1.29 is 4.74 Å². The van der Waals surface area contributed by atoms with Crippen LogP contribution < -0.4 is 4.74 Å². The average Bonchev–Trinajstić information content (AvgIpc) is 2.79. The van der Waals surface area contributed by atoms with Crippen molar-refractivity contribution in [2.45, 2.75) is 0 Å². The summed E-state index contributed by atoms with van der Waals surface area (Å²) in [5.74, 6) is 0.849. The minimum Gasteiger partial charge on any atom is -0.497 e. The van der Waals surface area contributed by atoms with Crippen molar-refractivity contribution in [3.05, 3.63) is 46.4 Å². The van der Waals surface area contributed by atoms with Crippen LogP contribution in [0.5, 0.6) is 5.75 Å². The van der Waals surface area contributed by atoms with E-state index in [0.29, 0.717) is 0 Å². The Labute approximate surface area is 118 Å². The molecule has 0 atom stereocenters. The Kier molecular flexibility index (Phi) is 2.91. The lowest BCUT2D eigenvalue weighted by Crippen LogP contribution is -1.89. The molecule has 0 unspecified atom stereocenters. The van der Waals surface area contributed by atoms with E-state index in [9.17, 15) is 0 Å². The van der Waals surface area contributed by atoms with Gasteiger partial charge in [-0.2, -0.15) is 0 Å². The molecule has 3 rings (SSSR count). The van der Waals surface area contributed by atoms with Gasteiger partial charge in [-0.1, -0.05) is 12.1 Å². The monoisotopic (exact) mass is 351 g/mol. The first-order valence-corrected chi connectivity index (χ1v) is 6.51. The maximum Gasteiger partial charge on any atom is 0.212 e. The normalized spacial score (nSPS) is 10.8. The number of hydrogen-bond acceptors (Lipinski definition) is 3. The van der Waals surface area contributed by atoms with Gasteiger partial charge in [0.05, 0.1) is 7.11 Å². The Morgan fingerprint density at radius 3 is 2.67 bits per heavy atom. The highest BCUT2D eigenvalue weighted by Crippen LogP contribution is 2.25. The molecular formula is C13H10IN3O. The van der Waals surface area contributed by atoms with E-state index in [0.717, 1.165) is 26.4 Å². The lowest BCUT2D eigenvalue weighted by molar-refractivity contribution is 0.415. The predicted molar refractivity (Wildman–Crippen MR) is 77.7 cm³/mol. The van der Waals surface area contributed by atoms with Gasteiger partial charge in [0, 0.05) is 34.4 Å². The van der Waals surface area contributed by atoms with E-state index in [1.54, 1.807) is 11.6 Å². The number of nitrogens with zero attached hydrogens (tertiary/aromatic N) is 3. The Morgan fingerprint density at radius 1 is 1.17 bits per heavy atom. The molecule has 0 N–H and O–H groups in total. The third-order valence-electron chi connectivity index (χ3n) is 2.74. The summed E-state index contributed by atoms with van der Waals surface area (Å²) in [7, 11) is 1.66. The number of rotatable bonds is 2. The lowest BCUT2D eigenvalue weighted by atomic mass is 10.1. The summed E-state index contributed by atoms with van der Waals surface area (Å²) in [6.45, 7) is 0. The second-order valence-electron chi connectivity index (χ2n) is 3.80. The van der Waals surface area contributed by atoms with Crippen molar-refractivity contribution in [2.24, 2.45) is 0 Å². The van der Waals surface area contributed by atoms with Gasteiger partial charge >= 0.3 is 0 Å². The van der Waals surface area contributed by atoms with Crippen LogP contribution in [0.1, 0.15) is 0 Å². The zero-order valence-corrected chi connectivity index (χ0v) is 11.8. The van der Waals surface area contributed by atoms with Gasteiger partial charge < -0.3 is 4.74 Å². The molecule has 0 aliphatic heterocycles. The van der Waals surface area contributed by atoms with Gasteiger partial charge in [-0.25, -0.2) is 9.50 Å². The topological polar surface area (TPSA) is 39.4 Å². The van der Waals surface area contributed by atoms with Gasteiger partial charge in [-0.05, 0) is 29.8 Å². The van der Waals surface area contributed by atoms with E-state index in [1.165, 1.54) is 0 Å². The molecule has 0 spiro atoms. The van der Waals surface area contributed by atoms with Crippen LogP contribution in [-0.4, -0.2) is 21.7 Å². The van der Waals surface area contributed by atoms with E-state index in [2.05, 4.69) is 32.7 Å². The summed E-state index contributed by atoms with van der Waals surface area (Å²) in [6.07, 6.45) is 1.90. The Bertz CT molecular complexity index is 691. The largest absolute Gasteiger partial charge is 0.497 e. The smallest absolute Gasteiger partial charge is 0.212 e. The van der Waals surface area contributed by atoms with Crippen molar-refractivity contribution in [1.29, 1.82) is 0 Å². The van der Waals surface area contributed by atoms with Crippen LogP contribution in [0.2, 0.25) is 0 Å². The fraction of sp³-hybridized carbons (Fsp3) is 0.0769. The average molecular weight is 351 g/mol. The SMILES string of the molecule is COc1ccc(-c2cccn3nc(I)nc23)cc1. The molecule has 0 saturated heterocycles. The number of hydrogen-bond donors (Lipinski definition) is 0. The standard InChI is InChI=1S/C13H10IN3O/c1-18-10-6-4-9(5-7-10)11-3-2-8-17-12(11)15-13(14)16-17/h2-8H,1H3. The Hall–Kier alpha value is -1.63. The lowest BCUT2D eigenvalue weighted by Gasteiger charge is -2.04. The highest BCUT2D eigenvalue weighted by molar-refractivity contribution is 14.1. The Balaban J connectivity index is 2.17. The number of ether oxygens (including phenoxy) is 1. The van der Waals surface area contributed by atoms with Crippen LogP contribution in [0, 0.1) is 3.83 Å². The molecule has 90 valence electrons. The molecule has 3 aromatic rings. The van der Waals surface area contributed by atoms with E-state index >= 15 is 0 Å². The van der Waals surface area contributed by atoms with E-state index in [-0.39, 0.29) is 0 Å². The summed E-state index contributed by atoms with van der Waals surface area (Å²) in [4.78, 5) is 4.44. The van der Waals surface area contributed by atoms with Crippen molar-refractivity contribution in [2.75, 3.05) is 7.11 Å². The third kappa shape index (κ3) is 1.94. The highest BCUT2D eigenvalue weighted by atomic mass is 127. The number of benzene rings is 1. The molecule has 5 heteroatoms. The number of aromatic nitrogens is 3. The minimum atomic E-state index is 0.744. The van der Waals surface area contributed by atoms with Gasteiger partial charge in [0.25, 0.3) is 0 Å². The van der Waals surface area contributed by atoms with Gasteiger partial charge in [0.2, 0.25) is 3.83 Å². The van der Waals surface area contributed by atoms with Gasteiger partial charge in [-0.3, -0.25) is 0 Å². The Morgan fingerprint density at radius 2 is 1.94 bits per heavy atom. The molecule has 0 radical (unpaired) electrons. The molecule has 0 fully saturated rings. The van der Waals surface area contributed by atoms with Crippen LogP contribution in [0.3, 0.4) is 0 Å². The molecule has 4 nitrogen and oxygen atoms in total. The number of fused-ring (bicyclic) bond motifs is 1. The van der Waals surface area contributed by atoms with Crippen molar-refractivity contribution >= 4 is 28.2 Å². The summed E-state index contributed by atoms with van der Waals surface area (Å²) in [6, 6.07) is 11.9. The second kappa shape index (κ2) is 4.56. The third-order valence-corrected chi connectivity index (χ3v) is 3.19. The summed E-state index contributed by atoms with van der Waals surface area (Å²) in [5, 5.41) is 4.30. The van der Waals surface area contributed by atoms with Crippen LogP contribution >= 0.6 is 22.6 Å². The maximum absolute atomic E-state index is 5.16. The van der Waals surface area contributed by atoms with Crippen LogP contribution in [-0.2, 0) is 0 Å². The summed E-state index contributed by atoms with van der Waals surface area (Å²) in [5.41, 5.74) is 3.04. The van der Waals surface area contributed by atoms with E-state index in [4.69, 9.17) is 4.74 Å². The molecule has 0 aliphatic carbocycles. The zero-order valence-electron chi connectivity index (χ0n) is 9.67. The molecule has 2 aromatic heterocycles. The summed E-state index contributed by atoms with van der Waals surface area (Å²) >= 11 is 2.12. The van der Waals surface area contributed by atoms with Crippen molar-refractivity contribution in [1.82, 2.24) is 14.6 Å². The first-order valence-electron chi connectivity index (χ1n) is 5.43. The minimum absolute atomic E-state index is 0.744. The second-order valence-corrected chi connectivity index (χ2v) is 4.76. The van der Waals surface area contributed by atoms with Crippen LogP contribution in [0.25, 0.3) is 16.8 Å². The predicted octanol–water partition coefficient (Wildman–Crippen LogP) is 3.01. The summed E-state index contributed by atoms with van der Waals surface area (Å²) < 4.78 is 7.70. The zero-order chi connectivity index (χ0) is 12.5. The first-order chi connectivity index (χ1) is 8.78. The van der Waals surface area contributed by atoms with Crippen LogP contribution in [0.4, 0.5) is 0 Å².